The summed E-state index contributed by atoms with van der Waals surface area (Å²) in [6, 6.07) is 6.05. The molecule has 0 aliphatic carbocycles. The normalized spacial score (nSPS) is 15.2. The molecule has 1 amide bonds. The van der Waals surface area contributed by atoms with Crippen LogP contribution in [0.15, 0.2) is 24.3 Å². The highest BCUT2D eigenvalue weighted by Gasteiger charge is 2.33. The highest BCUT2D eigenvalue weighted by Crippen LogP contribution is 2.23. The van der Waals surface area contributed by atoms with Gasteiger partial charge in [-0.1, -0.05) is 32.9 Å². The Morgan fingerprint density at radius 2 is 1.77 bits per heavy atom. The van der Waals surface area contributed by atoms with Crippen molar-refractivity contribution in [2.75, 3.05) is 0 Å². The Bertz CT molecular complexity index is 527. The number of aliphatic carboxylic acids is 1. The predicted molar refractivity (Wildman–Crippen MR) is 83.1 cm³/mol. The first-order valence-corrected chi connectivity index (χ1v) is 7.42. The maximum Gasteiger partial charge on any atom is 0.305 e. The Morgan fingerprint density at radius 3 is 2.23 bits per heavy atom. The summed E-state index contributed by atoms with van der Waals surface area (Å²) in [4.78, 5) is 23.2. The maximum absolute atomic E-state index is 12.9. The van der Waals surface area contributed by atoms with Crippen LogP contribution in [0.2, 0.25) is 0 Å². The van der Waals surface area contributed by atoms with Crippen LogP contribution < -0.4 is 5.32 Å². The number of benzene rings is 1. The lowest BCUT2D eigenvalue weighted by molar-refractivity contribution is -0.139. The van der Waals surface area contributed by atoms with Gasteiger partial charge in [-0.25, -0.2) is 4.39 Å². The fourth-order valence-corrected chi connectivity index (χ4v) is 2.26. The summed E-state index contributed by atoms with van der Waals surface area (Å²) in [6.45, 7) is 7.39. The Morgan fingerprint density at radius 1 is 1.23 bits per heavy atom. The van der Waals surface area contributed by atoms with Crippen LogP contribution in [-0.2, 0) is 9.59 Å². The van der Waals surface area contributed by atoms with E-state index in [2.05, 4.69) is 5.32 Å². The predicted octanol–water partition coefficient (Wildman–Crippen LogP) is 3.32. The summed E-state index contributed by atoms with van der Waals surface area (Å²) in [5, 5.41) is 11.9. The molecule has 2 unspecified atom stereocenters. The molecule has 122 valence electrons. The van der Waals surface area contributed by atoms with Crippen molar-refractivity contribution < 1.29 is 19.1 Å². The molecule has 0 bridgehead atoms. The van der Waals surface area contributed by atoms with Crippen molar-refractivity contribution in [3.8, 4) is 0 Å². The molecule has 0 saturated carbocycles. The first kappa shape index (κ1) is 18.1. The van der Waals surface area contributed by atoms with Crippen molar-refractivity contribution in [3.05, 3.63) is 35.6 Å². The smallest absolute Gasteiger partial charge is 0.305 e. The Hall–Kier alpha value is -1.91. The van der Waals surface area contributed by atoms with Crippen molar-refractivity contribution >= 4 is 11.9 Å². The molecule has 0 saturated heterocycles. The summed E-state index contributed by atoms with van der Waals surface area (Å²) in [6.07, 6.45) is 0.106. The Kier molecular flexibility index (Phi) is 6.09. The van der Waals surface area contributed by atoms with Gasteiger partial charge >= 0.3 is 5.97 Å². The quantitative estimate of drug-likeness (QED) is 0.812. The molecule has 0 fully saturated rings. The number of carbonyl (C=O) groups is 2. The molecule has 1 aromatic rings. The molecule has 4 nitrogen and oxygen atoms in total. The topological polar surface area (TPSA) is 66.4 Å². The third kappa shape index (κ3) is 5.13. The van der Waals surface area contributed by atoms with E-state index < -0.39 is 11.5 Å². The summed E-state index contributed by atoms with van der Waals surface area (Å²) >= 11 is 0. The molecule has 0 aliphatic rings. The van der Waals surface area contributed by atoms with Gasteiger partial charge in [0.25, 0.3) is 0 Å². The average molecular weight is 309 g/mol. The van der Waals surface area contributed by atoms with E-state index in [0.717, 1.165) is 5.56 Å². The molecule has 0 radical (unpaired) electrons. The maximum atomic E-state index is 12.9. The van der Waals surface area contributed by atoms with Crippen LogP contribution in [0, 0.1) is 11.7 Å². The lowest BCUT2D eigenvalue weighted by Gasteiger charge is -2.34. The molecule has 1 aromatic carbocycles. The van der Waals surface area contributed by atoms with Gasteiger partial charge in [0.1, 0.15) is 5.82 Å². The second-order valence-corrected chi connectivity index (χ2v) is 6.35. The van der Waals surface area contributed by atoms with Gasteiger partial charge in [-0.3, -0.25) is 9.59 Å². The van der Waals surface area contributed by atoms with Crippen molar-refractivity contribution in [3.63, 3.8) is 0 Å². The van der Waals surface area contributed by atoms with E-state index in [1.807, 2.05) is 20.8 Å². The van der Waals surface area contributed by atoms with Gasteiger partial charge in [0, 0.05) is 12.0 Å². The third-order valence-corrected chi connectivity index (χ3v) is 4.15. The van der Waals surface area contributed by atoms with Crippen molar-refractivity contribution in [2.45, 2.75) is 52.0 Å². The summed E-state index contributed by atoms with van der Waals surface area (Å²) in [5.74, 6) is -1.53. The lowest BCUT2D eigenvalue weighted by atomic mass is 9.84. The van der Waals surface area contributed by atoms with Crippen LogP contribution in [0.25, 0.3) is 0 Å². The van der Waals surface area contributed by atoms with E-state index in [1.54, 1.807) is 19.1 Å². The highest BCUT2D eigenvalue weighted by molar-refractivity contribution is 5.79. The van der Waals surface area contributed by atoms with Gasteiger partial charge in [0.15, 0.2) is 0 Å². The molecule has 2 atom stereocenters. The number of carbonyl (C=O) groups excluding carboxylic acids is 1. The number of carboxylic acid groups (broad SMARTS) is 1. The lowest BCUT2D eigenvalue weighted by Crippen LogP contribution is -2.51. The van der Waals surface area contributed by atoms with Crippen LogP contribution in [0.3, 0.4) is 0 Å². The zero-order valence-corrected chi connectivity index (χ0v) is 13.5. The average Bonchev–Trinajstić information content (AvgIpc) is 2.37. The number of hydrogen-bond donors (Lipinski definition) is 2. The monoisotopic (exact) mass is 309 g/mol. The zero-order chi connectivity index (χ0) is 16.9. The van der Waals surface area contributed by atoms with E-state index in [1.165, 1.54) is 12.1 Å². The number of hydrogen-bond acceptors (Lipinski definition) is 2. The first-order valence-electron chi connectivity index (χ1n) is 7.42. The first-order chi connectivity index (χ1) is 10.1. The minimum Gasteiger partial charge on any atom is -0.481 e. The highest BCUT2D eigenvalue weighted by atomic mass is 19.1. The number of nitrogens with one attached hydrogen (secondary N) is 1. The minimum atomic E-state index is -0.942. The second-order valence-electron chi connectivity index (χ2n) is 6.35. The minimum absolute atomic E-state index is 0.00585. The second kappa shape index (κ2) is 7.38. The van der Waals surface area contributed by atoms with Gasteiger partial charge in [0.2, 0.25) is 5.91 Å². The number of amides is 1. The fraction of sp³-hybridized carbons (Fsp3) is 0.529. The van der Waals surface area contributed by atoms with Crippen molar-refractivity contribution in [2.24, 2.45) is 5.92 Å². The molecule has 0 spiro atoms. The molecule has 2 N–H and O–H groups in total. The van der Waals surface area contributed by atoms with E-state index in [4.69, 9.17) is 5.11 Å². The molecule has 0 heterocycles. The van der Waals surface area contributed by atoms with Crippen LogP contribution >= 0.6 is 0 Å². The van der Waals surface area contributed by atoms with E-state index in [-0.39, 0.29) is 36.4 Å². The molecule has 22 heavy (non-hydrogen) atoms. The van der Waals surface area contributed by atoms with E-state index in [9.17, 15) is 14.0 Å². The van der Waals surface area contributed by atoms with Gasteiger partial charge in [-0.05, 0) is 36.5 Å². The van der Waals surface area contributed by atoms with Crippen LogP contribution in [0.4, 0.5) is 4.39 Å². The third-order valence-electron chi connectivity index (χ3n) is 4.15. The molecule has 0 aliphatic heterocycles. The van der Waals surface area contributed by atoms with E-state index >= 15 is 0 Å². The number of halogens is 1. The Labute approximate surface area is 130 Å². The van der Waals surface area contributed by atoms with Crippen molar-refractivity contribution in [1.82, 2.24) is 5.32 Å². The molecular formula is C17H24FNO3. The van der Waals surface area contributed by atoms with Crippen LogP contribution in [0.1, 0.15) is 52.0 Å². The number of carboxylic acids is 1. The van der Waals surface area contributed by atoms with Gasteiger partial charge < -0.3 is 10.4 Å². The van der Waals surface area contributed by atoms with Crippen molar-refractivity contribution in [1.29, 1.82) is 0 Å². The fourth-order valence-electron chi connectivity index (χ4n) is 2.26. The number of rotatable bonds is 7. The molecule has 1 rings (SSSR count). The van der Waals surface area contributed by atoms with Crippen LogP contribution in [-0.4, -0.2) is 22.5 Å². The Balaban J connectivity index is 2.71. The molecule has 0 aromatic heterocycles. The summed E-state index contributed by atoms with van der Waals surface area (Å²) in [7, 11) is 0. The largest absolute Gasteiger partial charge is 0.481 e. The molecule has 5 heteroatoms. The standard InChI is InChI=1S/C17H24FNO3/c1-11(2)17(4,10-16(21)22)19-15(20)9-12(3)13-5-7-14(18)8-6-13/h5-8,11-12H,9-10H2,1-4H3,(H,19,20)(H,21,22). The van der Waals surface area contributed by atoms with Gasteiger partial charge in [0.05, 0.1) is 6.42 Å². The molecular weight excluding hydrogens is 285 g/mol. The van der Waals surface area contributed by atoms with Gasteiger partial charge in [-0.15, -0.1) is 0 Å². The van der Waals surface area contributed by atoms with E-state index in [0.29, 0.717) is 0 Å². The SMILES string of the molecule is CC(CC(=O)NC(C)(CC(=O)O)C(C)C)c1ccc(F)cc1. The van der Waals surface area contributed by atoms with Crippen LogP contribution in [0.5, 0.6) is 0 Å². The van der Waals surface area contributed by atoms with Gasteiger partial charge in [-0.2, -0.15) is 0 Å². The zero-order valence-electron chi connectivity index (χ0n) is 13.5. The summed E-state index contributed by atoms with van der Waals surface area (Å²) < 4.78 is 12.9. The summed E-state index contributed by atoms with van der Waals surface area (Å²) in [5.41, 5.74) is 0.0897.